The van der Waals surface area contributed by atoms with Crippen LogP contribution in [0.15, 0.2) is 23.1 Å². The van der Waals surface area contributed by atoms with Gasteiger partial charge in [-0.05, 0) is 72.0 Å². The molecular formula is C16H16INO5S. The van der Waals surface area contributed by atoms with Gasteiger partial charge in [0.2, 0.25) is 0 Å². The smallest absolute Gasteiger partial charge is 0.328 e. The normalized spacial score (nSPS) is 17.3. The standard InChI is InChI=1S/C16H16INO5S/c1-4-23-12-6-5-10(7-11(12)17)8-13-14(19)18(16(21)24-13)9(2)15(20)22-3/h5-9H,4H2,1-3H3/b13-8+/t9-/m1/s1. The minimum atomic E-state index is -0.950. The molecule has 24 heavy (non-hydrogen) atoms. The lowest BCUT2D eigenvalue weighted by molar-refractivity contribution is -0.148. The van der Waals surface area contributed by atoms with Crippen molar-refractivity contribution in [2.75, 3.05) is 13.7 Å². The van der Waals surface area contributed by atoms with Crippen LogP contribution in [0, 0.1) is 3.57 Å². The number of amides is 2. The highest BCUT2D eigenvalue weighted by Crippen LogP contribution is 2.34. The molecule has 128 valence electrons. The lowest BCUT2D eigenvalue weighted by Gasteiger charge is -2.18. The Morgan fingerprint density at radius 3 is 2.71 bits per heavy atom. The van der Waals surface area contributed by atoms with Crippen LogP contribution < -0.4 is 4.74 Å². The zero-order chi connectivity index (χ0) is 17.9. The van der Waals surface area contributed by atoms with Crippen molar-refractivity contribution < 1.29 is 23.9 Å². The van der Waals surface area contributed by atoms with E-state index < -0.39 is 23.2 Å². The second kappa shape index (κ2) is 8.02. The van der Waals surface area contributed by atoms with Gasteiger partial charge in [0.05, 0.1) is 22.2 Å². The molecule has 1 aromatic rings. The van der Waals surface area contributed by atoms with E-state index in [-0.39, 0.29) is 4.91 Å². The number of thioether (sulfide) groups is 1. The summed E-state index contributed by atoms with van der Waals surface area (Å²) in [4.78, 5) is 37.2. The first kappa shape index (κ1) is 18.8. The molecule has 0 saturated carbocycles. The van der Waals surface area contributed by atoms with Crippen LogP contribution >= 0.6 is 34.4 Å². The number of halogens is 1. The minimum absolute atomic E-state index is 0.274. The Kier molecular flexibility index (Phi) is 6.27. The highest BCUT2D eigenvalue weighted by molar-refractivity contribution is 14.1. The summed E-state index contributed by atoms with van der Waals surface area (Å²) in [5, 5.41) is -0.482. The van der Waals surface area contributed by atoms with E-state index in [1.807, 2.05) is 25.1 Å². The summed E-state index contributed by atoms with van der Waals surface area (Å²) in [5.41, 5.74) is 0.777. The number of imide groups is 1. The SMILES string of the molecule is CCOc1ccc(/C=C2/SC(=O)N([C@H](C)C(=O)OC)C2=O)cc1I. The van der Waals surface area contributed by atoms with Gasteiger partial charge in [-0.2, -0.15) is 0 Å². The number of hydrogen-bond acceptors (Lipinski definition) is 6. The molecule has 2 rings (SSSR count). The highest BCUT2D eigenvalue weighted by Gasteiger charge is 2.41. The van der Waals surface area contributed by atoms with E-state index in [1.54, 1.807) is 6.08 Å². The van der Waals surface area contributed by atoms with E-state index in [2.05, 4.69) is 27.3 Å². The van der Waals surface area contributed by atoms with E-state index in [9.17, 15) is 14.4 Å². The summed E-state index contributed by atoms with van der Waals surface area (Å²) in [5.74, 6) is -0.358. The Balaban J connectivity index is 2.25. The van der Waals surface area contributed by atoms with Gasteiger partial charge < -0.3 is 9.47 Å². The van der Waals surface area contributed by atoms with E-state index in [0.717, 1.165) is 31.5 Å². The molecule has 1 atom stereocenters. The van der Waals surface area contributed by atoms with Gasteiger partial charge in [0.1, 0.15) is 11.8 Å². The van der Waals surface area contributed by atoms with Gasteiger partial charge in [0.15, 0.2) is 0 Å². The van der Waals surface area contributed by atoms with Gasteiger partial charge in [-0.1, -0.05) is 6.07 Å². The van der Waals surface area contributed by atoms with Crippen LogP contribution in [0.1, 0.15) is 19.4 Å². The molecule has 1 aliphatic heterocycles. The molecule has 0 N–H and O–H groups in total. The third-order valence-electron chi connectivity index (χ3n) is 3.31. The van der Waals surface area contributed by atoms with Crippen molar-refractivity contribution in [1.82, 2.24) is 4.90 Å². The Hall–Kier alpha value is -1.55. The molecule has 8 heteroatoms. The van der Waals surface area contributed by atoms with E-state index in [0.29, 0.717) is 6.61 Å². The van der Waals surface area contributed by atoms with Gasteiger partial charge in [-0.25, -0.2) is 4.79 Å². The zero-order valence-corrected chi connectivity index (χ0v) is 16.3. The van der Waals surface area contributed by atoms with Crippen LogP contribution in [-0.4, -0.2) is 41.8 Å². The molecule has 1 aromatic carbocycles. The van der Waals surface area contributed by atoms with E-state index >= 15 is 0 Å². The summed E-state index contributed by atoms with van der Waals surface area (Å²) in [6, 6.07) is 4.54. The van der Waals surface area contributed by atoms with Gasteiger partial charge >= 0.3 is 5.97 Å². The fourth-order valence-corrected chi connectivity index (χ4v) is 3.72. The average Bonchev–Trinajstić information content (AvgIpc) is 2.82. The summed E-state index contributed by atoms with van der Waals surface area (Å²) >= 11 is 2.96. The van der Waals surface area contributed by atoms with Gasteiger partial charge in [-0.3, -0.25) is 14.5 Å². The van der Waals surface area contributed by atoms with Crippen molar-refractivity contribution in [3.05, 3.63) is 32.2 Å². The monoisotopic (exact) mass is 461 g/mol. The maximum atomic E-state index is 12.4. The molecule has 0 aliphatic carbocycles. The van der Waals surface area contributed by atoms with Crippen LogP contribution in [0.3, 0.4) is 0 Å². The van der Waals surface area contributed by atoms with Crippen molar-refractivity contribution in [2.45, 2.75) is 19.9 Å². The number of nitrogens with zero attached hydrogens (tertiary/aromatic N) is 1. The first-order valence-electron chi connectivity index (χ1n) is 7.16. The van der Waals surface area contributed by atoms with E-state index in [1.165, 1.54) is 14.0 Å². The third-order valence-corrected chi connectivity index (χ3v) is 5.03. The van der Waals surface area contributed by atoms with Crippen molar-refractivity contribution in [1.29, 1.82) is 0 Å². The predicted molar refractivity (Wildman–Crippen MR) is 99.6 cm³/mol. The number of esters is 1. The molecule has 6 nitrogen and oxygen atoms in total. The van der Waals surface area contributed by atoms with Crippen molar-refractivity contribution in [2.24, 2.45) is 0 Å². The summed E-state index contributed by atoms with van der Waals surface area (Å²) in [7, 11) is 1.22. The first-order chi connectivity index (χ1) is 11.4. The molecule has 1 saturated heterocycles. The number of carbonyl (C=O) groups excluding carboxylic acids is 3. The van der Waals surface area contributed by atoms with Crippen molar-refractivity contribution in [3.8, 4) is 5.75 Å². The maximum Gasteiger partial charge on any atom is 0.328 e. The Morgan fingerprint density at radius 1 is 1.42 bits per heavy atom. The Bertz CT molecular complexity index is 718. The molecule has 0 spiro atoms. The number of hydrogen-bond donors (Lipinski definition) is 0. The predicted octanol–water partition coefficient (Wildman–Crippen LogP) is 3.29. The number of carbonyl (C=O) groups is 3. The van der Waals surface area contributed by atoms with Crippen LogP contribution in [0.5, 0.6) is 5.75 Å². The molecule has 1 fully saturated rings. The Morgan fingerprint density at radius 2 is 2.12 bits per heavy atom. The fraction of sp³-hybridized carbons (Fsp3) is 0.312. The molecule has 1 aliphatic rings. The average molecular weight is 461 g/mol. The maximum absolute atomic E-state index is 12.4. The molecule has 0 radical (unpaired) electrons. The van der Waals surface area contributed by atoms with E-state index in [4.69, 9.17) is 4.74 Å². The van der Waals surface area contributed by atoms with Gasteiger partial charge in [0, 0.05) is 0 Å². The zero-order valence-electron chi connectivity index (χ0n) is 13.4. The summed E-state index contributed by atoms with van der Waals surface area (Å²) < 4.78 is 11.0. The largest absolute Gasteiger partial charge is 0.493 e. The first-order valence-corrected chi connectivity index (χ1v) is 9.05. The van der Waals surface area contributed by atoms with Gasteiger partial charge in [0.25, 0.3) is 11.1 Å². The molecule has 0 aromatic heterocycles. The van der Waals surface area contributed by atoms with Crippen LogP contribution in [-0.2, 0) is 14.3 Å². The fourth-order valence-electron chi connectivity index (χ4n) is 2.12. The second-order valence-electron chi connectivity index (χ2n) is 4.87. The number of ether oxygens (including phenoxy) is 2. The number of benzene rings is 1. The Labute approximate surface area is 157 Å². The molecule has 0 bridgehead atoms. The van der Waals surface area contributed by atoms with Crippen molar-refractivity contribution >= 4 is 57.5 Å². The molecule has 0 unspecified atom stereocenters. The van der Waals surface area contributed by atoms with Crippen LogP contribution in [0.4, 0.5) is 4.79 Å². The topological polar surface area (TPSA) is 72.9 Å². The molecular weight excluding hydrogens is 445 g/mol. The third kappa shape index (κ3) is 3.92. The molecule has 1 heterocycles. The van der Waals surface area contributed by atoms with Crippen LogP contribution in [0.25, 0.3) is 6.08 Å². The summed E-state index contributed by atoms with van der Waals surface area (Å²) in [6.45, 7) is 3.94. The molecule has 2 amide bonds. The lowest BCUT2D eigenvalue weighted by atomic mass is 10.2. The second-order valence-corrected chi connectivity index (χ2v) is 7.03. The van der Waals surface area contributed by atoms with Gasteiger partial charge in [-0.15, -0.1) is 0 Å². The quantitative estimate of drug-likeness (QED) is 0.381. The minimum Gasteiger partial charge on any atom is -0.493 e. The number of rotatable bonds is 5. The highest BCUT2D eigenvalue weighted by atomic mass is 127. The van der Waals surface area contributed by atoms with Crippen LogP contribution in [0.2, 0.25) is 0 Å². The number of methoxy groups -OCH3 is 1. The summed E-state index contributed by atoms with van der Waals surface area (Å²) in [6.07, 6.45) is 1.63. The lowest BCUT2D eigenvalue weighted by Crippen LogP contribution is -2.42. The van der Waals surface area contributed by atoms with Crippen molar-refractivity contribution in [3.63, 3.8) is 0 Å².